The molecule has 0 aliphatic rings. The topological polar surface area (TPSA) is 64.3 Å². The van der Waals surface area contributed by atoms with Gasteiger partial charge < -0.3 is 15.8 Å². The summed E-state index contributed by atoms with van der Waals surface area (Å²) in [6.07, 6.45) is 3.00. The normalized spacial score (nSPS) is 11.2. The molecule has 0 bridgehead atoms. The fourth-order valence-corrected chi connectivity index (χ4v) is 2.36. The van der Waals surface area contributed by atoms with Crippen LogP contribution in [0, 0.1) is 11.8 Å². The maximum absolute atomic E-state index is 12.2. The van der Waals surface area contributed by atoms with E-state index in [1.807, 2.05) is 6.92 Å². The van der Waals surface area contributed by atoms with Gasteiger partial charge in [0.2, 0.25) is 0 Å². The maximum atomic E-state index is 12.2. The van der Waals surface area contributed by atoms with Crippen LogP contribution in [0.5, 0.6) is 5.75 Å². The van der Waals surface area contributed by atoms with Gasteiger partial charge in [-0.05, 0) is 43.6 Å². The number of amides is 1. The first kappa shape index (κ1) is 17.4. The van der Waals surface area contributed by atoms with Gasteiger partial charge in [0, 0.05) is 11.6 Å². The van der Waals surface area contributed by atoms with Crippen LogP contribution >= 0.6 is 11.8 Å². The number of thioether (sulfide) groups is 1. The fourth-order valence-electron chi connectivity index (χ4n) is 1.77. The number of carbonyl (C=O) groups is 1. The van der Waals surface area contributed by atoms with E-state index in [1.165, 1.54) is 0 Å². The van der Waals surface area contributed by atoms with Gasteiger partial charge in [-0.15, -0.1) is 0 Å². The van der Waals surface area contributed by atoms with Crippen LogP contribution in [0.1, 0.15) is 29.3 Å². The first-order valence-corrected chi connectivity index (χ1v) is 8.18. The number of hydrogen-bond acceptors (Lipinski definition) is 4. The van der Waals surface area contributed by atoms with Crippen LogP contribution in [0.3, 0.4) is 0 Å². The van der Waals surface area contributed by atoms with Gasteiger partial charge in [0.25, 0.3) is 5.91 Å². The van der Waals surface area contributed by atoms with E-state index in [4.69, 9.17) is 10.5 Å². The van der Waals surface area contributed by atoms with E-state index in [0.29, 0.717) is 16.9 Å². The van der Waals surface area contributed by atoms with E-state index in [0.717, 1.165) is 12.2 Å². The van der Waals surface area contributed by atoms with Crippen LogP contribution in [0.25, 0.3) is 0 Å². The first-order valence-electron chi connectivity index (χ1n) is 6.79. The van der Waals surface area contributed by atoms with Crippen molar-refractivity contribution in [2.45, 2.75) is 19.4 Å². The summed E-state index contributed by atoms with van der Waals surface area (Å²) in [6.45, 7) is 2.28. The van der Waals surface area contributed by atoms with Crippen LogP contribution in [0.15, 0.2) is 18.2 Å². The van der Waals surface area contributed by atoms with Crippen LogP contribution in [0.2, 0.25) is 0 Å². The summed E-state index contributed by atoms with van der Waals surface area (Å²) in [7, 11) is 1.58. The minimum Gasteiger partial charge on any atom is -0.495 e. The van der Waals surface area contributed by atoms with Gasteiger partial charge in [0.1, 0.15) is 5.75 Å². The molecule has 21 heavy (non-hydrogen) atoms. The molecule has 3 N–H and O–H groups in total. The van der Waals surface area contributed by atoms with Crippen LogP contribution in [0.4, 0.5) is 0 Å². The standard InChI is InChI=1S/C16H22N2O2S/c1-12(8-10-21-3)18-16(19)14-6-7-15(20-2)13(11-14)5-4-9-17/h6-7,11-12H,8-10,17H2,1-3H3,(H,18,19). The number of carbonyl (C=O) groups excluding carboxylic acids is 1. The van der Waals surface area contributed by atoms with Crippen molar-refractivity contribution in [3.8, 4) is 17.6 Å². The minimum atomic E-state index is -0.0953. The number of benzene rings is 1. The number of rotatable bonds is 6. The van der Waals surface area contributed by atoms with E-state index in [-0.39, 0.29) is 18.5 Å². The van der Waals surface area contributed by atoms with Gasteiger partial charge in [-0.1, -0.05) is 11.8 Å². The second kappa shape index (κ2) is 9.32. The molecule has 1 unspecified atom stereocenters. The SMILES string of the molecule is COc1ccc(C(=O)NC(C)CCSC)cc1C#CCN. The second-order valence-corrected chi connectivity index (χ2v) is 5.56. The molecule has 1 aromatic rings. The lowest BCUT2D eigenvalue weighted by atomic mass is 10.1. The highest BCUT2D eigenvalue weighted by Gasteiger charge is 2.11. The van der Waals surface area contributed by atoms with Crippen molar-refractivity contribution in [1.82, 2.24) is 5.32 Å². The summed E-state index contributed by atoms with van der Waals surface area (Å²) in [5.74, 6) is 7.27. The third kappa shape index (κ3) is 5.70. The van der Waals surface area contributed by atoms with Gasteiger partial charge in [-0.2, -0.15) is 11.8 Å². The zero-order chi connectivity index (χ0) is 15.7. The molecule has 0 aliphatic heterocycles. The van der Waals surface area contributed by atoms with Gasteiger partial charge in [-0.3, -0.25) is 4.79 Å². The molecule has 0 saturated carbocycles. The number of ether oxygens (including phenoxy) is 1. The molecule has 1 rings (SSSR count). The largest absolute Gasteiger partial charge is 0.495 e. The number of nitrogens with two attached hydrogens (primary N) is 1. The molecule has 1 aromatic carbocycles. The predicted molar refractivity (Wildman–Crippen MR) is 88.9 cm³/mol. The Morgan fingerprint density at radius 1 is 1.52 bits per heavy atom. The average molecular weight is 306 g/mol. The summed E-state index contributed by atoms with van der Waals surface area (Å²) < 4.78 is 5.23. The molecule has 0 aromatic heterocycles. The lowest BCUT2D eigenvalue weighted by Gasteiger charge is -2.14. The smallest absolute Gasteiger partial charge is 0.251 e. The predicted octanol–water partition coefficient (Wildman–Crippen LogP) is 1.88. The molecule has 0 aliphatic carbocycles. The summed E-state index contributed by atoms with van der Waals surface area (Å²) >= 11 is 1.77. The Kier molecular flexibility index (Phi) is 7.73. The van der Waals surface area contributed by atoms with Crippen LogP contribution < -0.4 is 15.8 Å². The Labute approximate surface area is 130 Å². The highest BCUT2D eigenvalue weighted by molar-refractivity contribution is 7.98. The Morgan fingerprint density at radius 3 is 2.90 bits per heavy atom. The van der Waals surface area contributed by atoms with Gasteiger partial charge in [0.05, 0.1) is 19.2 Å². The molecule has 1 atom stereocenters. The molecule has 4 nitrogen and oxygen atoms in total. The second-order valence-electron chi connectivity index (χ2n) is 4.58. The molecule has 5 heteroatoms. The van der Waals surface area contributed by atoms with Gasteiger partial charge in [-0.25, -0.2) is 0 Å². The molecule has 0 saturated heterocycles. The Morgan fingerprint density at radius 2 is 2.29 bits per heavy atom. The molecule has 0 fully saturated rings. The zero-order valence-electron chi connectivity index (χ0n) is 12.7. The number of methoxy groups -OCH3 is 1. The highest BCUT2D eigenvalue weighted by atomic mass is 32.2. The van der Waals surface area contributed by atoms with Gasteiger partial charge in [0.15, 0.2) is 0 Å². The van der Waals surface area contributed by atoms with E-state index in [2.05, 4.69) is 23.4 Å². The van der Waals surface area contributed by atoms with Crippen molar-refractivity contribution in [3.05, 3.63) is 29.3 Å². The van der Waals surface area contributed by atoms with Crippen molar-refractivity contribution in [1.29, 1.82) is 0 Å². The monoisotopic (exact) mass is 306 g/mol. The van der Waals surface area contributed by atoms with E-state index >= 15 is 0 Å². The van der Waals surface area contributed by atoms with Crippen molar-refractivity contribution in [2.24, 2.45) is 5.73 Å². The van der Waals surface area contributed by atoms with Gasteiger partial charge >= 0.3 is 0 Å². The molecular formula is C16H22N2O2S. The Hall–Kier alpha value is -1.64. The van der Waals surface area contributed by atoms with Crippen molar-refractivity contribution in [3.63, 3.8) is 0 Å². The fraction of sp³-hybridized carbons (Fsp3) is 0.438. The van der Waals surface area contributed by atoms with E-state index in [9.17, 15) is 4.79 Å². The number of hydrogen-bond donors (Lipinski definition) is 2. The lowest BCUT2D eigenvalue weighted by Crippen LogP contribution is -2.32. The third-order valence-corrected chi connectivity index (χ3v) is 3.56. The molecule has 0 spiro atoms. The molecule has 114 valence electrons. The Bertz CT molecular complexity index is 535. The van der Waals surface area contributed by atoms with Crippen molar-refractivity contribution >= 4 is 17.7 Å². The average Bonchev–Trinajstić information content (AvgIpc) is 2.50. The highest BCUT2D eigenvalue weighted by Crippen LogP contribution is 2.19. The molecule has 0 radical (unpaired) electrons. The quantitative estimate of drug-likeness (QED) is 0.788. The van der Waals surface area contributed by atoms with Crippen molar-refractivity contribution < 1.29 is 9.53 Å². The van der Waals surface area contributed by atoms with E-state index < -0.39 is 0 Å². The summed E-state index contributed by atoms with van der Waals surface area (Å²) in [5, 5.41) is 2.99. The maximum Gasteiger partial charge on any atom is 0.251 e. The first-order chi connectivity index (χ1) is 10.1. The lowest BCUT2D eigenvalue weighted by molar-refractivity contribution is 0.0939. The van der Waals surface area contributed by atoms with Crippen LogP contribution in [-0.4, -0.2) is 37.6 Å². The van der Waals surface area contributed by atoms with Crippen molar-refractivity contribution in [2.75, 3.05) is 25.7 Å². The summed E-state index contributed by atoms with van der Waals surface area (Å²) in [4.78, 5) is 12.2. The Balaban J connectivity index is 2.85. The summed E-state index contributed by atoms with van der Waals surface area (Å²) in [5.41, 5.74) is 6.63. The third-order valence-electron chi connectivity index (χ3n) is 2.92. The van der Waals surface area contributed by atoms with E-state index in [1.54, 1.807) is 37.1 Å². The minimum absolute atomic E-state index is 0.0953. The molecule has 1 amide bonds. The molecular weight excluding hydrogens is 284 g/mol. The molecule has 0 heterocycles. The zero-order valence-corrected chi connectivity index (χ0v) is 13.5. The number of nitrogens with one attached hydrogen (secondary N) is 1. The summed E-state index contributed by atoms with van der Waals surface area (Å²) in [6, 6.07) is 5.37. The van der Waals surface area contributed by atoms with Crippen LogP contribution in [-0.2, 0) is 0 Å².